The molecule has 0 spiro atoms. The van der Waals surface area contributed by atoms with Crippen molar-refractivity contribution in [1.29, 1.82) is 0 Å². The Kier molecular flexibility index (Phi) is 7.36. The number of hydrogen-bond donors (Lipinski definition) is 0. The van der Waals surface area contributed by atoms with Crippen LogP contribution in [-0.4, -0.2) is 19.8 Å². The molecule has 0 radical (unpaired) electrons. The van der Waals surface area contributed by atoms with Crippen LogP contribution in [0.2, 0.25) is 0 Å². The molecule has 1 aliphatic carbocycles. The van der Waals surface area contributed by atoms with Crippen molar-refractivity contribution in [3.8, 4) is 0 Å². The minimum Gasteiger partial charge on any atom is -0.381 e. The topological polar surface area (TPSA) is 18.5 Å². The summed E-state index contributed by atoms with van der Waals surface area (Å²) >= 11 is 0. The Balaban J connectivity index is 1.42. The number of ether oxygens (including phenoxy) is 2. The molecule has 2 aliphatic rings. The highest BCUT2D eigenvalue weighted by molar-refractivity contribution is 5.24. The fourth-order valence-electron chi connectivity index (χ4n) is 4.63. The summed E-state index contributed by atoms with van der Waals surface area (Å²) in [6.07, 6.45) is 13.7. The highest BCUT2D eigenvalue weighted by atomic mass is 16.5. The van der Waals surface area contributed by atoms with E-state index in [1.54, 1.807) is 0 Å². The van der Waals surface area contributed by atoms with Crippen LogP contribution in [-0.2, 0) is 15.9 Å². The van der Waals surface area contributed by atoms with Gasteiger partial charge < -0.3 is 9.47 Å². The second-order valence-corrected chi connectivity index (χ2v) is 8.21. The maximum atomic E-state index is 6.13. The van der Waals surface area contributed by atoms with Crippen molar-refractivity contribution in [2.45, 2.75) is 83.3 Å². The summed E-state index contributed by atoms with van der Waals surface area (Å²) in [6, 6.07) is 9.28. The first-order valence-electron chi connectivity index (χ1n) is 10.5. The van der Waals surface area contributed by atoms with Gasteiger partial charge >= 0.3 is 0 Å². The van der Waals surface area contributed by atoms with Gasteiger partial charge in [-0.1, -0.05) is 37.6 Å². The Morgan fingerprint density at radius 1 is 0.920 bits per heavy atom. The lowest BCUT2D eigenvalue weighted by Crippen LogP contribution is -2.21. The Morgan fingerprint density at radius 2 is 1.64 bits per heavy atom. The first-order valence-corrected chi connectivity index (χ1v) is 10.5. The van der Waals surface area contributed by atoms with Crippen LogP contribution in [0.5, 0.6) is 0 Å². The van der Waals surface area contributed by atoms with Crippen molar-refractivity contribution < 1.29 is 9.47 Å². The summed E-state index contributed by atoms with van der Waals surface area (Å²) in [5.74, 6) is 1.68. The number of hydrogen-bond acceptors (Lipinski definition) is 2. The van der Waals surface area contributed by atoms with Gasteiger partial charge in [0.15, 0.2) is 0 Å². The van der Waals surface area contributed by atoms with Gasteiger partial charge in [-0.2, -0.15) is 0 Å². The molecule has 2 nitrogen and oxygen atoms in total. The molecular formula is C23H36O2. The molecule has 25 heavy (non-hydrogen) atoms. The van der Waals surface area contributed by atoms with E-state index in [2.05, 4.69) is 31.2 Å². The monoisotopic (exact) mass is 344 g/mol. The summed E-state index contributed by atoms with van der Waals surface area (Å²) in [5, 5.41) is 0. The first-order chi connectivity index (χ1) is 12.3. The van der Waals surface area contributed by atoms with Crippen LogP contribution in [0.3, 0.4) is 0 Å². The van der Waals surface area contributed by atoms with Crippen LogP contribution in [0.4, 0.5) is 0 Å². The summed E-state index contributed by atoms with van der Waals surface area (Å²) in [7, 11) is 1.85. The lowest BCUT2D eigenvalue weighted by Gasteiger charge is -2.29. The smallest absolute Gasteiger partial charge is 0.0825 e. The van der Waals surface area contributed by atoms with Crippen LogP contribution in [0.1, 0.15) is 81.9 Å². The van der Waals surface area contributed by atoms with Crippen molar-refractivity contribution in [2.24, 2.45) is 11.8 Å². The molecule has 1 saturated heterocycles. The zero-order valence-electron chi connectivity index (χ0n) is 16.2. The van der Waals surface area contributed by atoms with Crippen molar-refractivity contribution in [1.82, 2.24) is 0 Å². The molecule has 1 aromatic rings. The number of rotatable bonds is 7. The second-order valence-electron chi connectivity index (χ2n) is 8.21. The van der Waals surface area contributed by atoms with Crippen LogP contribution >= 0.6 is 0 Å². The first kappa shape index (κ1) is 18.9. The molecule has 2 atom stereocenters. The van der Waals surface area contributed by atoms with Crippen molar-refractivity contribution in [2.75, 3.05) is 13.7 Å². The third-order valence-electron chi connectivity index (χ3n) is 6.39. The largest absolute Gasteiger partial charge is 0.381 e. The van der Waals surface area contributed by atoms with E-state index in [1.165, 1.54) is 75.3 Å². The average molecular weight is 345 g/mol. The minimum atomic E-state index is 0.325. The molecule has 1 saturated carbocycles. The predicted octanol–water partition coefficient (Wildman–Crippen LogP) is 6.09. The van der Waals surface area contributed by atoms with Gasteiger partial charge in [-0.3, -0.25) is 0 Å². The van der Waals surface area contributed by atoms with Gasteiger partial charge in [-0.05, 0) is 80.8 Å². The van der Waals surface area contributed by atoms with E-state index in [9.17, 15) is 0 Å². The maximum absolute atomic E-state index is 6.13. The number of aryl methyl sites for hydroxylation is 1. The highest BCUT2D eigenvalue weighted by Gasteiger charge is 2.23. The third-order valence-corrected chi connectivity index (χ3v) is 6.39. The van der Waals surface area contributed by atoms with Gasteiger partial charge in [0.1, 0.15) is 0 Å². The predicted molar refractivity (Wildman–Crippen MR) is 104 cm³/mol. The normalized spacial score (nSPS) is 30.3. The maximum Gasteiger partial charge on any atom is 0.0825 e. The van der Waals surface area contributed by atoms with Gasteiger partial charge in [0.05, 0.1) is 18.8 Å². The van der Waals surface area contributed by atoms with Crippen LogP contribution in [0, 0.1) is 11.8 Å². The lowest BCUT2D eigenvalue weighted by atomic mass is 9.83. The van der Waals surface area contributed by atoms with Crippen molar-refractivity contribution >= 4 is 0 Å². The average Bonchev–Trinajstić information content (AvgIpc) is 2.68. The molecule has 0 amide bonds. The lowest BCUT2D eigenvalue weighted by molar-refractivity contribution is -0.0194. The SMILES string of the molecule is CCCC1CCC(c2ccc(CCC3CCC(OC)CC3)cc2)OC1. The molecule has 140 valence electrons. The van der Waals surface area contributed by atoms with Crippen LogP contribution in [0.15, 0.2) is 24.3 Å². The second kappa shape index (κ2) is 9.73. The van der Waals surface area contributed by atoms with E-state index < -0.39 is 0 Å². The van der Waals surface area contributed by atoms with Gasteiger partial charge in [-0.15, -0.1) is 0 Å². The Labute approximate surface area is 154 Å². The summed E-state index contributed by atoms with van der Waals surface area (Å²) < 4.78 is 11.6. The molecule has 2 unspecified atom stereocenters. The van der Waals surface area contributed by atoms with Crippen LogP contribution < -0.4 is 0 Å². The van der Waals surface area contributed by atoms with E-state index in [1.807, 2.05) is 7.11 Å². The van der Waals surface area contributed by atoms with Gasteiger partial charge in [0.25, 0.3) is 0 Å². The van der Waals surface area contributed by atoms with E-state index in [4.69, 9.17) is 9.47 Å². The molecular weight excluding hydrogens is 308 g/mol. The van der Waals surface area contributed by atoms with Gasteiger partial charge in [0.2, 0.25) is 0 Å². The van der Waals surface area contributed by atoms with E-state index in [0.29, 0.717) is 12.2 Å². The quantitative estimate of drug-likeness (QED) is 0.595. The van der Waals surface area contributed by atoms with Gasteiger partial charge in [-0.25, -0.2) is 0 Å². The molecule has 1 aromatic carbocycles. The van der Waals surface area contributed by atoms with Crippen molar-refractivity contribution in [3.05, 3.63) is 35.4 Å². The summed E-state index contributed by atoms with van der Waals surface area (Å²) in [5.41, 5.74) is 2.86. The Hall–Kier alpha value is -0.860. The van der Waals surface area contributed by atoms with Crippen molar-refractivity contribution in [3.63, 3.8) is 0 Å². The standard InChI is InChI=1S/C23H36O2/c1-3-4-20-11-16-23(25-17-20)21-12-7-18(8-13-21)5-6-19-9-14-22(24-2)15-10-19/h7-8,12-13,19-20,22-23H,3-6,9-11,14-17H2,1-2H3. The molecule has 0 N–H and O–H groups in total. The third kappa shape index (κ3) is 5.56. The molecule has 0 bridgehead atoms. The summed E-state index contributed by atoms with van der Waals surface area (Å²) in [6.45, 7) is 3.22. The molecule has 1 heterocycles. The molecule has 2 heteroatoms. The Bertz CT molecular complexity index is 479. The fraction of sp³-hybridized carbons (Fsp3) is 0.739. The zero-order chi connectivity index (χ0) is 17.5. The van der Waals surface area contributed by atoms with E-state index in [0.717, 1.165) is 18.4 Å². The van der Waals surface area contributed by atoms with Crippen LogP contribution in [0.25, 0.3) is 0 Å². The summed E-state index contributed by atoms with van der Waals surface area (Å²) in [4.78, 5) is 0. The molecule has 3 rings (SSSR count). The molecule has 0 aromatic heterocycles. The van der Waals surface area contributed by atoms with Gasteiger partial charge in [0, 0.05) is 7.11 Å². The minimum absolute atomic E-state index is 0.325. The highest BCUT2D eigenvalue weighted by Crippen LogP contribution is 2.33. The van der Waals surface area contributed by atoms with E-state index in [-0.39, 0.29) is 0 Å². The number of benzene rings is 1. The van der Waals surface area contributed by atoms with E-state index >= 15 is 0 Å². The Morgan fingerprint density at radius 3 is 2.24 bits per heavy atom. The molecule has 1 aliphatic heterocycles. The number of methoxy groups -OCH3 is 1. The fourth-order valence-corrected chi connectivity index (χ4v) is 4.63. The zero-order valence-corrected chi connectivity index (χ0v) is 16.2. The molecule has 2 fully saturated rings.